The van der Waals surface area contributed by atoms with Gasteiger partial charge in [0.2, 0.25) is 0 Å². The number of aromatic amines is 1. The molecule has 0 saturated heterocycles. The highest BCUT2D eigenvalue weighted by Gasteiger charge is 2.12. The molecule has 6 heteroatoms. The van der Waals surface area contributed by atoms with Crippen LogP contribution in [0, 0.1) is 0 Å². The van der Waals surface area contributed by atoms with Crippen LogP contribution in [-0.2, 0) is 0 Å². The molecule has 0 aliphatic carbocycles. The molecule has 0 bridgehead atoms. The lowest BCUT2D eigenvalue weighted by Crippen LogP contribution is -1.94. The van der Waals surface area contributed by atoms with Crippen molar-refractivity contribution in [3.63, 3.8) is 0 Å². The van der Waals surface area contributed by atoms with E-state index in [-0.39, 0.29) is 5.69 Å². The number of H-pyrrole nitrogens is 1. The molecule has 100 valence electrons. The zero-order valence-electron chi connectivity index (χ0n) is 10.1. The minimum atomic E-state index is -0.975. The maximum atomic E-state index is 10.9. The quantitative estimate of drug-likeness (QED) is 0.742. The van der Waals surface area contributed by atoms with E-state index in [2.05, 4.69) is 25.9 Å². The molecule has 0 amide bonds. The fraction of sp³-hybridized carbons (Fsp3) is 0. The highest BCUT2D eigenvalue weighted by molar-refractivity contribution is 9.10. The number of hydrogen-bond acceptors (Lipinski definition) is 3. The number of benzene rings is 1. The lowest BCUT2D eigenvalue weighted by atomic mass is 10.2. The van der Waals surface area contributed by atoms with Gasteiger partial charge in [-0.2, -0.15) is 0 Å². The second-order valence-electron chi connectivity index (χ2n) is 4.12. The van der Waals surface area contributed by atoms with Gasteiger partial charge in [0, 0.05) is 27.2 Å². The molecule has 0 spiro atoms. The van der Waals surface area contributed by atoms with E-state index in [1.54, 1.807) is 12.3 Å². The summed E-state index contributed by atoms with van der Waals surface area (Å²) in [6, 6.07) is 9.45. The first-order valence-corrected chi connectivity index (χ1v) is 7.45. The van der Waals surface area contributed by atoms with Crippen molar-refractivity contribution in [3.05, 3.63) is 52.1 Å². The van der Waals surface area contributed by atoms with Crippen LogP contribution in [0.25, 0.3) is 21.8 Å². The third-order valence-corrected chi connectivity index (χ3v) is 4.38. The Morgan fingerprint density at radius 1 is 1.35 bits per heavy atom. The molecular weight excluding hydrogens is 340 g/mol. The maximum Gasteiger partial charge on any atom is 0.352 e. The first-order valence-electron chi connectivity index (χ1n) is 5.77. The number of rotatable bonds is 3. The van der Waals surface area contributed by atoms with Gasteiger partial charge in [0.1, 0.15) is 10.7 Å². The Balaban J connectivity index is 1.98. The maximum absolute atomic E-state index is 10.9. The van der Waals surface area contributed by atoms with Crippen molar-refractivity contribution in [2.75, 3.05) is 0 Å². The standard InChI is InChI=1S/C14H9BrN2O2S/c15-10-4-2-1-3-9(10)13-17-12(7-20-13)8-5-11(14(18)19)16-6-8/h1-7,16H,(H,18,19). The number of aromatic nitrogens is 2. The SMILES string of the molecule is O=C(O)c1cc(-c2csc(-c3ccccc3Br)n2)c[nH]1. The zero-order valence-corrected chi connectivity index (χ0v) is 12.5. The van der Waals surface area contributed by atoms with Gasteiger partial charge in [0.25, 0.3) is 0 Å². The predicted octanol–water partition coefficient (Wildman–Crippen LogP) is 4.27. The fourth-order valence-corrected chi connectivity index (χ4v) is 3.30. The number of carbonyl (C=O) groups is 1. The van der Waals surface area contributed by atoms with Crippen molar-refractivity contribution < 1.29 is 9.90 Å². The molecule has 0 aliphatic rings. The molecule has 3 rings (SSSR count). The van der Waals surface area contributed by atoms with Crippen LogP contribution in [-0.4, -0.2) is 21.0 Å². The van der Waals surface area contributed by atoms with Crippen molar-refractivity contribution in [2.45, 2.75) is 0 Å². The molecule has 0 unspecified atom stereocenters. The Labute approximate surface area is 127 Å². The van der Waals surface area contributed by atoms with E-state index in [0.717, 1.165) is 26.3 Å². The number of nitrogens with zero attached hydrogens (tertiary/aromatic N) is 1. The number of aromatic carboxylic acids is 1. The molecule has 2 aromatic heterocycles. The van der Waals surface area contributed by atoms with Crippen LogP contribution in [0.3, 0.4) is 0 Å². The van der Waals surface area contributed by atoms with E-state index in [4.69, 9.17) is 5.11 Å². The third-order valence-electron chi connectivity index (χ3n) is 2.82. The predicted molar refractivity (Wildman–Crippen MR) is 82.0 cm³/mol. The van der Waals surface area contributed by atoms with Gasteiger partial charge in [0.15, 0.2) is 0 Å². The summed E-state index contributed by atoms with van der Waals surface area (Å²) in [5, 5.41) is 11.7. The molecule has 2 N–H and O–H groups in total. The molecule has 2 heterocycles. The second kappa shape index (κ2) is 5.22. The van der Waals surface area contributed by atoms with E-state index in [9.17, 15) is 4.79 Å². The van der Waals surface area contributed by atoms with Crippen LogP contribution in [0.2, 0.25) is 0 Å². The van der Waals surface area contributed by atoms with Gasteiger partial charge in [-0.3, -0.25) is 0 Å². The number of nitrogens with one attached hydrogen (secondary N) is 1. The minimum absolute atomic E-state index is 0.162. The summed E-state index contributed by atoms with van der Waals surface area (Å²) in [5.41, 5.74) is 2.73. The van der Waals surface area contributed by atoms with Gasteiger partial charge in [-0.25, -0.2) is 9.78 Å². The van der Waals surface area contributed by atoms with Crippen molar-refractivity contribution in [2.24, 2.45) is 0 Å². The molecule has 20 heavy (non-hydrogen) atoms. The van der Waals surface area contributed by atoms with Crippen molar-refractivity contribution in [1.82, 2.24) is 9.97 Å². The Kier molecular flexibility index (Phi) is 3.42. The summed E-state index contributed by atoms with van der Waals surface area (Å²) in [4.78, 5) is 18.1. The van der Waals surface area contributed by atoms with Crippen molar-refractivity contribution in [3.8, 4) is 21.8 Å². The Hall–Kier alpha value is -1.92. The summed E-state index contributed by atoms with van der Waals surface area (Å²) < 4.78 is 0.987. The van der Waals surface area contributed by atoms with E-state index in [1.807, 2.05) is 29.6 Å². The second-order valence-corrected chi connectivity index (χ2v) is 5.84. The van der Waals surface area contributed by atoms with E-state index >= 15 is 0 Å². The number of carboxylic acids is 1. The van der Waals surface area contributed by atoms with Crippen LogP contribution in [0.4, 0.5) is 0 Å². The summed E-state index contributed by atoms with van der Waals surface area (Å²) in [5.74, 6) is -0.975. The smallest absolute Gasteiger partial charge is 0.352 e. The summed E-state index contributed by atoms with van der Waals surface area (Å²) >= 11 is 5.03. The van der Waals surface area contributed by atoms with Crippen LogP contribution >= 0.6 is 27.3 Å². The summed E-state index contributed by atoms with van der Waals surface area (Å²) in [6.07, 6.45) is 1.66. The fourth-order valence-electron chi connectivity index (χ4n) is 1.83. The van der Waals surface area contributed by atoms with Crippen LogP contribution in [0.1, 0.15) is 10.5 Å². The molecule has 4 nitrogen and oxygen atoms in total. The van der Waals surface area contributed by atoms with Crippen molar-refractivity contribution >= 4 is 33.2 Å². The van der Waals surface area contributed by atoms with Gasteiger partial charge >= 0.3 is 5.97 Å². The lowest BCUT2D eigenvalue weighted by Gasteiger charge is -1.98. The van der Waals surface area contributed by atoms with Crippen molar-refractivity contribution in [1.29, 1.82) is 0 Å². The van der Waals surface area contributed by atoms with Crippen LogP contribution < -0.4 is 0 Å². The Morgan fingerprint density at radius 2 is 2.15 bits per heavy atom. The van der Waals surface area contributed by atoms with Gasteiger partial charge in [-0.05, 0) is 12.1 Å². The summed E-state index contributed by atoms with van der Waals surface area (Å²) in [6.45, 7) is 0. The zero-order chi connectivity index (χ0) is 14.1. The molecule has 0 radical (unpaired) electrons. The minimum Gasteiger partial charge on any atom is -0.477 e. The number of halogens is 1. The van der Waals surface area contributed by atoms with Crippen LogP contribution in [0.5, 0.6) is 0 Å². The monoisotopic (exact) mass is 348 g/mol. The van der Waals surface area contributed by atoms with E-state index in [0.29, 0.717) is 0 Å². The van der Waals surface area contributed by atoms with Crippen LogP contribution in [0.15, 0.2) is 46.4 Å². The third kappa shape index (κ3) is 2.39. The van der Waals surface area contributed by atoms with Gasteiger partial charge in [-0.1, -0.05) is 34.1 Å². The first kappa shape index (κ1) is 13.1. The Morgan fingerprint density at radius 3 is 2.85 bits per heavy atom. The average Bonchev–Trinajstić information content (AvgIpc) is 3.08. The van der Waals surface area contributed by atoms with Gasteiger partial charge in [-0.15, -0.1) is 11.3 Å². The van der Waals surface area contributed by atoms with E-state index in [1.165, 1.54) is 11.3 Å². The molecule has 0 atom stereocenters. The lowest BCUT2D eigenvalue weighted by molar-refractivity contribution is 0.0691. The molecule has 0 fully saturated rings. The average molecular weight is 349 g/mol. The Bertz CT molecular complexity index is 779. The topological polar surface area (TPSA) is 66.0 Å². The highest BCUT2D eigenvalue weighted by atomic mass is 79.9. The first-order chi connectivity index (χ1) is 9.65. The number of hydrogen-bond donors (Lipinski definition) is 2. The number of carboxylic acid groups (broad SMARTS) is 1. The number of thiazole rings is 1. The highest BCUT2D eigenvalue weighted by Crippen LogP contribution is 2.33. The van der Waals surface area contributed by atoms with Gasteiger partial charge < -0.3 is 10.1 Å². The molecular formula is C14H9BrN2O2S. The van der Waals surface area contributed by atoms with Gasteiger partial charge in [0.05, 0.1) is 5.69 Å². The largest absolute Gasteiger partial charge is 0.477 e. The molecule has 3 aromatic rings. The molecule has 0 saturated carbocycles. The van der Waals surface area contributed by atoms with E-state index < -0.39 is 5.97 Å². The molecule has 1 aromatic carbocycles. The molecule has 0 aliphatic heterocycles. The normalized spacial score (nSPS) is 10.7. The summed E-state index contributed by atoms with van der Waals surface area (Å²) in [7, 11) is 0.